The molecular weight excluding hydrogens is 424 g/mol. The molecular formula is C21H15F6N3O. The Hall–Kier alpha value is -3.30. The number of alkyl halides is 6. The summed E-state index contributed by atoms with van der Waals surface area (Å²) in [5.41, 5.74) is -1.91. The average molecular weight is 439 g/mol. The van der Waals surface area contributed by atoms with Gasteiger partial charge >= 0.3 is 12.4 Å². The van der Waals surface area contributed by atoms with E-state index >= 15 is 0 Å². The number of hydrogen-bond donors (Lipinski definition) is 0. The van der Waals surface area contributed by atoms with Crippen LogP contribution in [0.1, 0.15) is 50.8 Å². The van der Waals surface area contributed by atoms with Gasteiger partial charge in [-0.2, -0.15) is 26.3 Å². The van der Waals surface area contributed by atoms with Crippen LogP contribution in [0.3, 0.4) is 0 Å². The van der Waals surface area contributed by atoms with Gasteiger partial charge in [0.05, 0.1) is 28.1 Å². The maximum Gasteiger partial charge on any atom is 0.418 e. The van der Waals surface area contributed by atoms with Crippen LogP contribution >= 0.6 is 0 Å². The maximum atomic E-state index is 13.6. The van der Waals surface area contributed by atoms with Gasteiger partial charge in [-0.25, -0.2) is 9.97 Å². The summed E-state index contributed by atoms with van der Waals surface area (Å²) < 4.78 is 79.5. The number of ketones is 1. The molecule has 3 aromatic rings. The molecule has 0 aliphatic heterocycles. The first-order valence-electron chi connectivity index (χ1n) is 8.97. The molecule has 0 aliphatic carbocycles. The first-order chi connectivity index (χ1) is 14.5. The molecule has 0 N–H and O–H groups in total. The lowest BCUT2D eigenvalue weighted by atomic mass is 9.86. The lowest BCUT2D eigenvalue weighted by Gasteiger charge is -2.21. The summed E-state index contributed by atoms with van der Waals surface area (Å²) >= 11 is 0. The highest BCUT2D eigenvalue weighted by Crippen LogP contribution is 2.39. The van der Waals surface area contributed by atoms with Crippen LogP contribution in [-0.4, -0.2) is 20.7 Å². The van der Waals surface area contributed by atoms with Crippen LogP contribution in [0.4, 0.5) is 26.3 Å². The zero-order chi connectivity index (χ0) is 22.8. The molecule has 0 saturated heterocycles. The number of hydrogen-bond acceptors (Lipinski definition) is 4. The van der Waals surface area contributed by atoms with Crippen LogP contribution in [-0.2, 0) is 12.4 Å². The van der Waals surface area contributed by atoms with Crippen LogP contribution < -0.4 is 0 Å². The Morgan fingerprint density at radius 2 is 1.65 bits per heavy atom. The number of Topliss-reactive ketones (excluding diaryl/α,β-unsaturated/α-hetero) is 1. The Morgan fingerprint density at radius 1 is 0.968 bits per heavy atom. The van der Waals surface area contributed by atoms with E-state index in [0.717, 1.165) is 42.6 Å². The van der Waals surface area contributed by atoms with Crippen molar-refractivity contribution < 1.29 is 31.1 Å². The van der Waals surface area contributed by atoms with Crippen LogP contribution in [0, 0.1) is 6.92 Å². The van der Waals surface area contributed by atoms with Crippen molar-refractivity contribution in [1.29, 1.82) is 0 Å². The van der Waals surface area contributed by atoms with Gasteiger partial charge in [0.25, 0.3) is 0 Å². The van der Waals surface area contributed by atoms with Gasteiger partial charge in [-0.1, -0.05) is 12.1 Å². The number of carbonyl (C=O) groups is 1. The van der Waals surface area contributed by atoms with Crippen LogP contribution in [0.2, 0.25) is 0 Å². The van der Waals surface area contributed by atoms with Crippen molar-refractivity contribution in [3.63, 3.8) is 0 Å². The van der Waals surface area contributed by atoms with Crippen molar-refractivity contribution in [3.8, 4) is 0 Å². The number of benzene rings is 1. The molecule has 10 heteroatoms. The molecule has 0 amide bonds. The van der Waals surface area contributed by atoms with Gasteiger partial charge in [0.1, 0.15) is 6.33 Å². The van der Waals surface area contributed by atoms with Gasteiger partial charge in [0.2, 0.25) is 0 Å². The third-order valence-corrected chi connectivity index (χ3v) is 4.72. The van der Waals surface area contributed by atoms with E-state index in [2.05, 4.69) is 15.0 Å². The highest BCUT2D eigenvalue weighted by Gasteiger charge is 2.37. The minimum atomic E-state index is -4.76. The maximum absolute atomic E-state index is 13.6. The molecule has 31 heavy (non-hydrogen) atoms. The van der Waals surface area contributed by atoms with E-state index in [0.29, 0.717) is 5.69 Å². The molecule has 1 aromatic carbocycles. The van der Waals surface area contributed by atoms with Gasteiger partial charge in [-0.05, 0) is 36.8 Å². The largest absolute Gasteiger partial charge is 0.418 e. The van der Waals surface area contributed by atoms with Crippen LogP contribution in [0.5, 0.6) is 0 Å². The average Bonchev–Trinajstić information content (AvgIpc) is 2.71. The van der Waals surface area contributed by atoms with E-state index in [9.17, 15) is 31.1 Å². The van der Waals surface area contributed by atoms with Gasteiger partial charge in [0, 0.05) is 24.7 Å². The molecule has 3 rings (SSSR count). The smallest absolute Gasteiger partial charge is 0.294 e. The molecule has 0 radical (unpaired) electrons. The van der Waals surface area contributed by atoms with E-state index < -0.39 is 47.3 Å². The highest BCUT2D eigenvalue weighted by atomic mass is 19.4. The molecule has 4 nitrogen and oxygen atoms in total. The van der Waals surface area contributed by atoms with E-state index in [1.54, 1.807) is 6.92 Å². The van der Waals surface area contributed by atoms with Gasteiger partial charge < -0.3 is 0 Å². The van der Waals surface area contributed by atoms with Crippen molar-refractivity contribution in [3.05, 3.63) is 88.8 Å². The number of pyridine rings is 1. The highest BCUT2D eigenvalue weighted by molar-refractivity contribution is 5.97. The molecule has 0 fully saturated rings. The number of nitrogens with zero attached hydrogens (tertiary/aromatic N) is 3. The van der Waals surface area contributed by atoms with Gasteiger partial charge in [-0.15, -0.1) is 0 Å². The molecule has 1 atom stereocenters. The lowest BCUT2D eigenvalue weighted by Crippen LogP contribution is -2.18. The van der Waals surface area contributed by atoms with E-state index in [1.165, 1.54) is 12.5 Å². The number of aromatic nitrogens is 3. The van der Waals surface area contributed by atoms with Crippen LogP contribution in [0.25, 0.3) is 0 Å². The molecule has 0 bridgehead atoms. The van der Waals surface area contributed by atoms with Gasteiger partial charge in [-0.3, -0.25) is 9.78 Å². The first kappa shape index (κ1) is 22.4. The van der Waals surface area contributed by atoms with Crippen molar-refractivity contribution in [2.45, 2.75) is 31.6 Å². The summed E-state index contributed by atoms with van der Waals surface area (Å²) in [7, 11) is 0. The van der Waals surface area contributed by atoms with Crippen molar-refractivity contribution >= 4 is 5.78 Å². The molecule has 2 aromatic heterocycles. The SMILES string of the molecule is Cc1ncncc1C(=O)C[C@@H](c1ccc(C(F)(F)F)cc1)c1ncccc1C(F)(F)F. The standard InChI is InChI=1S/C21H15F6N3O/c1-12-16(10-28-11-30-12)18(31)9-15(13-4-6-14(7-5-13)20(22,23)24)19-17(21(25,26)27)3-2-8-29-19/h2-8,10-11,15H,9H2,1H3/t15-/m0/s1. The second kappa shape index (κ2) is 8.44. The second-order valence-electron chi connectivity index (χ2n) is 6.76. The molecule has 0 saturated carbocycles. The van der Waals surface area contributed by atoms with Gasteiger partial charge in [0.15, 0.2) is 5.78 Å². The molecule has 0 aliphatic rings. The summed E-state index contributed by atoms with van der Waals surface area (Å²) in [6.07, 6.45) is -6.22. The normalized spacial score (nSPS) is 13.1. The van der Waals surface area contributed by atoms with E-state index in [-0.39, 0.29) is 11.1 Å². The third-order valence-electron chi connectivity index (χ3n) is 4.72. The molecule has 0 unspecified atom stereocenters. The summed E-state index contributed by atoms with van der Waals surface area (Å²) in [5, 5.41) is 0. The Labute approximate surface area is 173 Å². The zero-order valence-corrected chi connectivity index (χ0v) is 16.0. The topological polar surface area (TPSA) is 55.7 Å². The Morgan fingerprint density at radius 3 is 2.23 bits per heavy atom. The summed E-state index contributed by atoms with van der Waals surface area (Å²) in [5.74, 6) is -1.78. The fraction of sp³-hybridized carbons (Fsp3) is 0.238. The van der Waals surface area contributed by atoms with E-state index in [1.807, 2.05) is 0 Å². The molecule has 0 spiro atoms. The summed E-state index contributed by atoms with van der Waals surface area (Å²) in [6, 6.07) is 5.57. The Bertz CT molecular complexity index is 1080. The minimum absolute atomic E-state index is 0.0973. The first-order valence-corrected chi connectivity index (χ1v) is 8.97. The number of halogens is 6. The Kier molecular flexibility index (Phi) is 6.10. The summed E-state index contributed by atoms with van der Waals surface area (Å²) in [4.78, 5) is 24.3. The lowest BCUT2D eigenvalue weighted by molar-refractivity contribution is -0.139. The third kappa shape index (κ3) is 5.07. The predicted octanol–water partition coefficient (Wildman–Crippen LogP) is 5.62. The number of aryl methyl sites for hydroxylation is 1. The van der Waals surface area contributed by atoms with Crippen molar-refractivity contribution in [2.24, 2.45) is 0 Å². The fourth-order valence-electron chi connectivity index (χ4n) is 3.17. The number of rotatable bonds is 5. The minimum Gasteiger partial charge on any atom is -0.294 e. The molecule has 162 valence electrons. The Balaban J connectivity index is 2.09. The second-order valence-corrected chi connectivity index (χ2v) is 6.76. The quantitative estimate of drug-likeness (QED) is 0.382. The van der Waals surface area contributed by atoms with Crippen molar-refractivity contribution in [2.75, 3.05) is 0 Å². The number of carbonyl (C=O) groups excluding carboxylic acids is 1. The van der Waals surface area contributed by atoms with E-state index in [4.69, 9.17) is 0 Å². The molecule has 2 heterocycles. The summed E-state index contributed by atoms with van der Waals surface area (Å²) in [6.45, 7) is 1.55. The monoisotopic (exact) mass is 439 g/mol. The predicted molar refractivity (Wildman–Crippen MR) is 98.2 cm³/mol. The van der Waals surface area contributed by atoms with Crippen LogP contribution in [0.15, 0.2) is 55.1 Å². The van der Waals surface area contributed by atoms with Crippen molar-refractivity contribution in [1.82, 2.24) is 15.0 Å². The zero-order valence-electron chi connectivity index (χ0n) is 16.0. The fourth-order valence-corrected chi connectivity index (χ4v) is 3.17.